The molecule has 24 heavy (non-hydrogen) atoms. The van der Waals surface area contributed by atoms with Gasteiger partial charge in [-0.15, -0.1) is 0 Å². The first-order valence-electron chi connectivity index (χ1n) is 10.7. The van der Waals surface area contributed by atoms with E-state index < -0.39 is 0 Å². The second kappa shape index (κ2) is 13.3. The first-order chi connectivity index (χ1) is 12.0. The zero-order chi connectivity index (χ0) is 16.7. The van der Waals surface area contributed by atoms with Crippen molar-refractivity contribution in [2.45, 2.75) is 103 Å². The van der Waals surface area contributed by atoms with Gasteiger partial charge in [-0.25, -0.2) is 0 Å². The van der Waals surface area contributed by atoms with E-state index in [4.69, 9.17) is 0 Å². The highest BCUT2D eigenvalue weighted by molar-refractivity contribution is 5.36. The van der Waals surface area contributed by atoms with Gasteiger partial charge in [0.1, 0.15) is 0 Å². The normalized spacial score (nSPS) is 30.0. The SMILES string of the molecule is C1=C(\C2=C\C=C\CCCCCCCC2)CCCCCCCC/C=C/1. The molecule has 0 saturated heterocycles. The van der Waals surface area contributed by atoms with Crippen LogP contribution in [0.25, 0.3) is 0 Å². The molecule has 0 bridgehead atoms. The molecule has 0 saturated carbocycles. The summed E-state index contributed by atoms with van der Waals surface area (Å²) < 4.78 is 0. The van der Waals surface area contributed by atoms with Crippen molar-refractivity contribution in [3.63, 3.8) is 0 Å². The largest absolute Gasteiger partial charge is 0.0845 e. The molecular formula is C24H38. The first kappa shape index (κ1) is 19.3. The van der Waals surface area contributed by atoms with Crippen molar-refractivity contribution in [1.82, 2.24) is 0 Å². The van der Waals surface area contributed by atoms with E-state index in [1.54, 1.807) is 11.1 Å². The fraction of sp³-hybridized carbons (Fsp3) is 0.667. The highest BCUT2D eigenvalue weighted by Crippen LogP contribution is 2.25. The Bertz CT molecular complexity index is 391. The van der Waals surface area contributed by atoms with Gasteiger partial charge in [-0.05, 0) is 62.5 Å². The van der Waals surface area contributed by atoms with Crippen LogP contribution < -0.4 is 0 Å². The summed E-state index contributed by atoms with van der Waals surface area (Å²) in [5, 5.41) is 0. The summed E-state index contributed by atoms with van der Waals surface area (Å²) in [6.07, 6.45) is 36.1. The third kappa shape index (κ3) is 8.71. The van der Waals surface area contributed by atoms with Gasteiger partial charge in [-0.1, -0.05) is 87.8 Å². The van der Waals surface area contributed by atoms with E-state index in [0.29, 0.717) is 0 Å². The fourth-order valence-electron chi connectivity index (χ4n) is 3.83. The van der Waals surface area contributed by atoms with E-state index in [-0.39, 0.29) is 0 Å². The standard InChI is InChI=1S/C24H38/c1-3-7-11-15-19-23(20-16-12-8-4-1)24-21-17-13-9-5-2-6-10-14-18-22-24/h11,13,15,17,19,21H,1-10,12,14,16,18,20,22H2/b15-11+,17-13+,23-19-,24-21+. The monoisotopic (exact) mass is 326 g/mol. The van der Waals surface area contributed by atoms with Crippen LogP contribution in [0.5, 0.6) is 0 Å². The van der Waals surface area contributed by atoms with E-state index in [9.17, 15) is 0 Å². The quantitative estimate of drug-likeness (QED) is 0.455. The maximum Gasteiger partial charge on any atom is -0.0276 e. The van der Waals surface area contributed by atoms with Gasteiger partial charge in [0, 0.05) is 0 Å². The Morgan fingerprint density at radius 2 is 0.792 bits per heavy atom. The predicted octanol–water partition coefficient (Wildman–Crippen LogP) is 8.22. The van der Waals surface area contributed by atoms with E-state index in [0.717, 1.165) is 0 Å². The first-order valence-corrected chi connectivity index (χ1v) is 10.7. The van der Waals surface area contributed by atoms with Crippen molar-refractivity contribution >= 4 is 0 Å². The van der Waals surface area contributed by atoms with Crippen LogP contribution in [0.15, 0.2) is 47.6 Å². The van der Waals surface area contributed by atoms with Gasteiger partial charge in [0.2, 0.25) is 0 Å². The molecule has 0 amide bonds. The van der Waals surface area contributed by atoms with Gasteiger partial charge in [0.25, 0.3) is 0 Å². The zero-order valence-corrected chi connectivity index (χ0v) is 15.8. The minimum atomic E-state index is 1.25. The lowest BCUT2D eigenvalue weighted by Gasteiger charge is -2.13. The molecule has 0 fully saturated rings. The Kier molecular flexibility index (Phi) is 10.7. The summed E-state index contributed by atoms with van der Waals surface area (Å²) in [6.45, 7) is 0. The maximum atomic E-state index is 2.42. The molecule has 0 radical (unpaired) electrons. The zero-order valence-electron chi connectivity index (χ0n) is 15.8. The fourth-order valence-corrected chi connectivity index (χ4v) is 3.83. The van der Waals surface area contributed by atoms with E-state index >= 15 is 0 Å². The van der Waals surface area contributed by atoms with Crippen LogP contribution in [0.4, 0.5) is 0 Å². The van der Waals surface area contributed by atoms with Gasteiger partial charge in [-0.3, -0.25) is 0 Å². The maximum absolute atomic E-state index is 2.42. The van der Waals surface area contributed by atoms with Gasteiger partial charge in [0.05, 0.1) is 0 Å². The van der Waals surface area contributed by atoms with Crippen LogP contribution in [0, 0.1) is 0 Å². The van der Waals surface area contributed by atoms with Crippen LogP contribution in [0.2, 0.25) is 0 Å². The average molecular weight is 327 g/mol. The number of hydrogen-bond acceptors (Lipinski definition) is 0. The summed E-state index contributed by atoms with van der Waals surface area (Å²) in [7, 11) is 0. The molecule has 2 aliphatic carbocycles. The van der Waals surface area contributed by atoms with Gasteiger partial charge in [0.15, 0.2) is 0 Å². The predicted molar refractivity (Wildman–Crippen MR) is 108 cm³/mol. The summed E-state index contributed by atoms with van der Waals surface area (Å²) in [4.78, 5) is 0. The molecule has 0 unspecified atom stereocenters. The Labute approximate surface area is 150 Å². The van der Waals surface area contributed by atoms with Crippen LogP contribution in [-0.4, -0.2) is 0 Å². The van der Waals surface area contributed by atoms with Crippen molar-refractivity contribution in [1.29, 1.82) is 0 Å². The molecule has 0 aliphatic heterocycles. The minimum Gasteiger partial charge on any atom is -0.0845 e. The molecule has 2 rings (SSSR count). The van der Waals surface area contributed by atoms with Gasteiger partial charge >= 0.3 is 0 Å². The van der Waals surface area contributed by atoms with E-state index in [2.05, 4.69) is 36.5 Å². The van der Waals surface area contributed by atoms with E-state index in [1.165, 1.54) is 103 Å². The van der Waals surface area contributed by atoms with Gasteiger partial charge in [-0.2, -0.15) is 0 Å². The van der Waals surface area contributed by atoms with Crippen molar-refractivity contribution in [2.75, 3.05) is 0 Å². The third-order valence-corrected chi connectivity index (χ3v) is 5.41. The lowest BCUT2D eigenvalue weighted by Crippen LogP contribution is -1.94. The van der Waals surface area contributed by atoms with Crippen molar-refractivity contribution in [2.24, 2.45) is 0 Å². The minimum absolute atomic E-state index is 1.25. The molecule has 134 valence electrons. The molecule has 0 atom stereocenters. The highest BCUT2D eigenvalue weighted by atomic mass is 14.1. The Balaban J connectivity index is 2.06. The molecule has 0 aromatic heterocycles. The molecule has 0 heterocycles. The third-order valence-electron chi connectivity index (χ3n) is 5.41. The van der Waals surface area contributed by atoms with E-state index in [1.807, 2.05) is 0 Å². The molecule has 0 aromatic rings. The van der Waals surface area contributed by atoms with Crippen LogP contribution >= 0.6 is 0 Å². The summed E-state index contributed by atoms with van der Waals surface area (Å²) in [6, 6.07) is 0. The van der Waals surface area contributed by atoms with Crippen molar-refractivity contribution in [3.8, 4) is 0 Å². The topological polar surface area (TPSA) is 0 Å². The summed E-state index contributed by atoms with van der Waals surface area (Å²) in [5.74, 6) is 0. The highest BCUT2D eigenvalue weighted by Gasteiger charge is 2.06. The van der Waals surface area contributed by atoms with Crippen molar-refractivity contribution in [3.05, 3.63) is 47.6 Å². The lowest BCUT2D eigenvalue weighted by molar-refractivity contribution is 0.587. The number of hydrogen-bond donors (Lipinski definition) is 0. The van der Waals surface area contributed by atoms with Crippen LogP contribution in [-0.2, 0) is 0 Å². The molecule has 0 nitrogen and oxygen atoms in total. The van der Waals surface area contributed by atoms with Crippen LogP contribution in [0.1, 0.15) is 103 Å². The van der Waals surface area contributed by atoms with Gasteiger partial charge < -0.3 is 0 Å². The second-order valence-corrected chi connectivity index (χ2v) is 7.56. The number of rotatable bonds is 1. The number of allylic oxidation sites excluding steroid dienone is 8. The summed E-state index contributed by atoms with van der Waals surface area (Å²) in [5.41, 5.74) is 3.21. The Morgan fingerprint density at radius 1 is 0.417 bits per heavy atom. The second-order valence-electron chi connectivity index (χ2n) is 7.56. The molecule has 0 spiro atoms. The summed E-state index contributed by atoms with van der Waals surface area (Å²) >= 11 is 0. The molecule has 0 aromatic carbocycles. The molecule has 0 N–H and O–H groups in total. The molecular weight excluding hydrogens is 288 g/mol. The Hall–Kier alpha value is -1.04. The van der Waals surface area contributed by atoms with Crippen molar-refractivity contribution < 1.29 is 0 Å². The Morgan fingerprint density at radius 3 is 1.25 bits per heavy atom. The smallest absolute Gasteiger partial charge is 0.0276 e. The molecule has 0 heteroatoms. The molecule has 2 aliphatic rings. The average Bonchev–Trinajstić information content (AvgIpc) is 2.56. The lowest BCUT2D eigenvalue weighted by atomic mass is 9.92. The van der Waals surface area contributed by atoms with Crippen LogP contribution in [0.3, 0.4) is 0 Å².